The standard InChI is InChI=1S/C28H39N3O5S/c1-28(2,3)36-27(34)31(6)24(26(33)29-17-10-18-30(4)5)25(32)22-11-8-9-12-23(22)37-19-20-13-15-21(35-7)16-14-20/h8-9,11-16,24H,10,17-19H2,1-7H3,(H,29,33). The number of benzene rings is 2. The summed E-state index contributed by atoms with van der Waals surface area (Å²) in [6.45, 7) is 6.38. The maximum absolute atomic E-state index is 13.8. The quantitative estimate of drug-likeness (QED) is 0.188. The van der Waals surface area contributed by atoms with Gasteiger partial charge in [0.25, 0.3) is 5.91 Å². The number of hydrogen-bond donors (Lipinski definition) is 1. The Kier molecular flexibility index (Phi) is 11.5. The summed E-state index contributed by atoms with van der Waals surface area (Å²) < 4.78 is 10.7. The SMILES string of the molecule is COc1ccc(CSc2ccccc2C(=O)C(C(=O)NCCCN(C)C)N(C)C(=O)OC(C)(C)C)cc1. The number of carbonyl (C=O) groups excluding carboxylic acids is 3. The van der Waals surface area contributed by atoms with Crippen LogP contribution in [0.3, 0.4) is 0 Å². The van der Waals surface area contributed by atoms with Crippen molar-refractivity contribution in [1.29, 1.82) is 0 Å². The molecule has 1 atom stereocenters. The fourth-order valence-electron chi connectivity index (χ4n) is 3.44. The monoisotopic (exact) mass is 529 g/mol. The highest BCUT2D eigenvalue weighted by Crippen LogP contribution is 2.28. The second-order valence-electron chi connectivity index (χ2n) is 9.94. The number of amides is 2. The van der Waals surface area contributed by atoms with Crippen molar-refractivity contribution in [3.8, 4) is 5.75 Å². The number of nitrogens with zero attached hydrogens (tertiary/aromatic N) is 2. The Labute approximate surface area is 224 Å². The Hall–Kier alpha value is -3.04. The van der Waals surface area contributed by atoms with E-state index in [0.29, 0.717) is 24.3 Å². The molecule has 0 radical (unpaired) electrons. The predicted molar refractivity (Wildman–Crippen MR) is 147 cm³/mol. The molecule has 2 rings (SSSR count). The maximum Gasteiger partial charge on any atom is 0.411 e. The molecule has 0 spiro atoms. The molecule has 0 aliphatic rings. The van der Waals surface area contributed by atoms with Crippen LogP contribution in [0.2, 0.25) is 0 Å². The molecule has 0 fully saturated rings. The van der Waals surface area contributed by atoms with Crippen LogP contribution >= 0.6 is 11.8 Å². The fraction of sp³-hybridized carbons (Fsp3) is 0.464. The molecule has 0 bridgehead atoms. The summed E-state index contributed by atoms with van der Waals surface area (Å²) in [5.41, 5.74) is 0.673. The Morgan fingerprint density at radius 1 is 1.00 bits per heavy atom. The van der Waals surface area contributed by atoms with Gasteiger partial charge in [0.2, 0.25) is 0 Å². The number of rotatable bonds is 12. The summed E-state index contributed by atoms with van der Waals surface area (Å²) in [5, 5.41) is 2.82. The van der Waals surface area contributed by atoms with E-state index < -0.39 is 29.4 Å². The van der Waals surface area contributed by atoms with Gasteiger partial charge in [0, 0.05) is 29.8 Å². The van der Waals surface area contributed by atoms with Gasteiger partial charge in [0.1, 0.15) is 11.4 Å². The van der Waals surface area contributed by atoms with Gasteiger partial charge in [-0.05, 0) is 71.6 Å². The lowest BCUT2D eigenvalue weighted by atomic mass is 10.0. The van der Waals surface area contributed by atoms with Crippen LogP contribution in [0.4, 0.5) is 4.79 Å². The van der Waals surface area contributed by atoms with Crippen molar-refractivity contribution >= 4 is 29.5 Å². The molecule has 37 heavy (non-hydrogen) atoms. The number of ether oxygens (including phenoxy) is 2. The highest BCUT2D eigenvalue weighted by Gasteiger charge is 2.37. The van der Waals surface area contributed by atoms with Crippen molar-refractivity contribution in [2.45, 2.75) is 49.5 Å². The largest absolute Gasteiger partial charge is 0.497 e. The smallest absolute Gasteiger partial charge is 0.411 e. The lowest BCUT2D eigenvalue weighted by molar-refractivity contribution is -0.124. The second kappa shape index (κ2) is 14.0. The first-order valence-corrected chi connectivity index (χ1v) is 13.2. The molecule has 2 aromatic rings. The zero-order valence-corrected chi connectivity index (χ0v) is 23.7. The number of ketones is 1. The fourth-order valence-corrected chi connectivity index (χ4v) is 4.45. The average Bonchev–Trinajstić information content (AvgIpc) is 2.84. The average molecular weight is 530 g/mol. The summed E-state index contributed by atoms with van der Waals surface area (Å²) in [6, 6.07) is 13.5. The van der Waals surface area contributed by atoms with Gasteiger partial charge in [0.15, 0.2) is 11.8 Å². The molecule has 0 heterocycles. The van der Waals surface area contributed by atoms with Gasteiger partial charge in [-0.25, -0.2) is 4.79 Å². The van der Waals surface area contributed by atoms with Crippen molar-refractivity contribution in [3.63, 3.8) is 0 Å². The highest BCUT2D eigenvalue weighted by molar-refractivity contribution is 7.98. The molecule has 0 aromatic heterocycles. The molecular weight excluding hydrogens is 490 g/mol. The number of nitrogens with one attached hydrogen (secondary N) is 1. The molecule has 0 aliphatic heterocycles. The summed E-state index contributed by atoms with van der Waals surface area (Å²) in [7, 11) is 6.94. The van der Waals surface area contributed by atoms with Crippen molar-refractivity contribution in [1.82, 2.24) is 15.1 Å². The second-order valence-corrected chi connectivity index (χ2v) is 11.0. The van der Waals surface area contributed by atoms with Crippen LogP contribution in [0.5, 0.6) is 5.75 Å². The van der Waals surface area contributed by atoms with E-state index in [1.165, 1.54) is 18.8 Å². The first-order valence-electron chi connectivity index (χ1n) is 12.2. The molecule has 2 amide bonds. The highest BCUT2D eigenvalue weighted by atomic mass is 32.2. The Morgan fingerprint density at radius 3 is 2.24 bits per heavy atom. The zero-order chi connectivity index (χ0) is 27.6. The van der Waals surface area contributed by atoms with Crippen LogP contribution in [0, 0.1) is 0 Å². The van der Waals surface area contributed by atoms with Gasteiger partial charge in [-0.15, -0.1) is 11.8 Å². The lowest BCUT2D eigenvalue weighted by Gasteiger charge is -2.29. The van der Waals surface area contributed by atoms with E-state index >= 15 is 0 Å². The van der Waals surface area contributed by atoms with Crippen molar-refractivity contribution in [3.05, 3.63) is 59.7 Å². The van der Waals surface area contributed by atoms with E-state index in [0.717, 1.165) is 27.7 Å². The number of carbonyl (C=O) groups is 3. The Balaban J connectivity index is 2.28. The van der Waals surface area contributed by atoms with E-state index in [9.17, 15) is 14.4 Å². The van der Waals surface area contributed by atoms with Gasteiger partial charge < -0.3 is 19.7 Å². The Morgan fingerprint density at radius 2 is 1.65 bits per heavy atom. The third kappa shape index (κ3) is 9.74. The molecule has 8 nitrogen and oxygen atoms in total. The molecule has 1 N–H and O–H groups in total. The third-order valence-electron chi connectivity index (χ3n) is 5.35. The van der Waals surface area contributed by atoms with Crippen molar-refractivity contribution < 1.29 is 23.9 Å². The van der Waals surface area contributed by atoms with Gasteiger partial charge in [-0.2, -0.15) is 0 Å². The van der Waals surface area contributed by atoms with Crippen LogP contribution in [0.1, 0.15) is 43.1 Å². The molecular formula is C28H39N3O5S. The first-order chi connectivity index (χ1) is 17.4. The van der Waals surface area contributed by atoms with Crippen LogP contribution in [-0.2, 0) is 15.3 Å². The topological polar surface area (TPSA) is 88.2 Å². The number of methoxy groups -OCH3 is 1. The number of hydrogen-bond acceptors (Lipinski definition) is 7. The van der Waals surface area contributed by atoms with Crippen LogP contribution in [0.25, 0.3) is 0 Å². The normalized spacial score (nSPS) is 12.1. The molecule has 0 saturated heterocycles. The number of Topliss-reactive ketones (excluding diaryl/α,β-unsaturated/α-hetero) is 1. The van der Waals surface area contributed by atoms with Crippen molar-refractivity contribution in [2.24, 2.45) is 0 Å². The van der Waals surface area contributed by atoms with Crippen LogP contribution in [0.15, 0.2) is 53.4 Å². The lowest BCUT2D eigenvalue weighted by Crippen LogP contribution is -2.53. The first kappa shape index (κ1) is 30.2. The van der Waals surface area contributed by atoms with Gasteiger partial charge in [-0.1, -0.05) is 30.3 Å². The third-order valence-corrected chi connectivity index (χ3v) is 6.50. The van der Waals surface area contributed by atoms with Crippen LogP contribution in [-0.4, -0.2) is 80.6 Å². The molecule has 1 unspecified atom stereocenters. The van der Waals surface area contributed by atoms with E-state index in [4.69, 9.17) is 9.47 Å². The molecule has 0 aliphatic carbocycles. The van der Waals surface area contributed by atoms with E-state index in [2.05, 4.69) is 5.32 Å². The molecule has 2 aromatic carbocycles. The van der Waals surface area contributed by atoms with Crippen LogP contribution < -0.4 is 10.1 Å². The molecule has 202 valence electrons. The summed E-state index contributed by atoms with van der Waals surface area (Å²) in [6.07, 6.45) is -0.0259. The molecule has 0 saturated carbocycles. The van der Waals surface area contributed by atoms with Gasteiger partial charge >= 0.3 is 6.09 Å². The maximum atomic E-state index is 13.8. The summed E-state index contributed by atoms with van der Waals surface area (Å²) >= 11 is 1.49. The van der Waals surface area contributed by atoms with Crippen molar-refractivity contribution in [2.75, 3.05) is 41.3 Å². The minimum atomic E-state index is -1.36. The van der Waals surface area contributed by atoms with Gasteiger partial charge in [0.05, 0.1) is 7.11 Å². The zero-order valence-electron chi connectivity index (χ0n) is 22.9. The van der Waals surface area contributed by atoms with E-state index in [1.807, 2.05) is 55.4 Å². The molecule has 9 heteroatoms. The minimum absolute atomic E-state index is 0.380. The minimum Gasteiger partial charge on any atom is -0.497 e. The van der Waals surface area contributed by atoms with E-state index in [1.54, 1.807) is 40.0 Å². The van der Waals surface area contributed by atoms with Gasteiger partial charge in [-0.3, -0.25) is 14.5 Å². The predicted octanol–water partition coefficient (Wildman–Crippen LogP) is 4.47. The summed E-state index contributed by atoms with van der Waals surface area (Å²) in [5.74, 6) is 0.398. The Bertz CT molecular complexity index is 1050. The van der Waals surface area contributed by atoms with E-state index in [-0.39, 0.29) is 0 Å². The number of likely N-dealkylation sites (N-methyl/N-ethyl adjacent to an activating group) is 1. The summed E-state index contributed by atoms with van der Waals surface area (Å²) in [4.78, 5) is 43.7. The number of thioether (sulfide) groups is 1.